The summed E-state index contributed by atoms with van der Waals surface area (Å²) in [5.41, 5.74) is 0. The van der Waals surface area contributed by atoms with Crippen LogP contribution in [-0.2, 0) is 28.6 Å². The number of carbonyl (C=O) groups is 3. The van der Waals surface area contributed by atoms with Gasteiger partial charge in [-0.05, 0) is 57.8 Å². The van der Waals surface area contributed by atoms with Crippen LogP contribution in [0.2, 0.25) is 0 Å². The van der Waals surface area contributed by atoms with Crippen LogP contribution in [0.5, 0.6) is 0 Å². The number of carboxylic acids is 1. The van der Waals surface area contributed by atoms with Crippen molar-refractivity contribution in [3.05, 3.63) is 72.9 Å². The van der Waals surface area contributed by atoms with E-state index in [0.717, 1.165) is 64.2 Å². The minimum absolute atomic E-state index is 0.0419. The van der Waals surface area contributed by atoms with Crippen molar-refractivity contribution in [3.63, 3.8) is 0 Å². The van der Waals surface area contributed by atoms with E-state index in [1.165, 1.54) is 103 Å². The molecule has 362 valence electrons. The maximum atomic E-state index is 12.8. The zero-order valence-electron chi connectivity index (χ0n) is 41.3. The van der Waals surface area contributed by atoms with Gasteiger partial charge in [-0.3, -0.25) is 9.59 Å². The van der Waals surface area contributed by atoms with Crippen LogP contribution < -0.4 is 0 Å². The van der Waals surface area contributed by atoms with Gasteiger partial charge >= 0.3 is 17.9 Å². The molecule has 8 heteroatoms. The molecule has 0 spiro atoms. The number of hydrogen-bond donors (Lipinski definition) is 1. The van der Waals surface area contributed by atoms with E-state index in [1.54, 1.807) is 0 Å². The molecule has 0 heterocycles. The highest BCUT2D eigenvalue weighted by Crippen LogP contribution is 2.16. The fourth-order valence-electron chi connectivity index (χ4n) is 7.22. The van der Waals surface area contributed by atoms with Crippen LogP contribution in [0.25, 0.3) is 0 Å². The maximum absolute atomic E-state index is 12.8. The zero-order chi connectivity index (χ0) is 46.3. The van der Waals surface area contributed by atoms with Crippen LogP contribution in [0.1, 0.15) is 206 Å². The second-order valence-corrected chi connectivity index (χ2v) is 18.1. The van der Waals surface area contributed by atoms with Gasteiger partial charge in [0.2, 0.25) is 0 Å². The molecule has 0 amide bonds. The molecule has 0 fully saturated rings. The Morgan fingerprint density at radius 2 is 0.889 bits per heavy atom. The van der Waals surface area contributed by atoms with Gasteiger partial charge in [0, 0.05) is 19.3 Å². The van der Waals surface area contributed by atoms with Crippen molar-refractivity contribution >= 4 is 17.9 Å². The molecule has 0 radical (unpaired) electrons. The lowest BCUT2D eigenvalue weighted by Crippen LogP contribution is -2.50. The summed E-state index contributed by atoms with van der Waals surface area (Å²) in [6, 6.07) is -0.626. The van der Waals surface area contributed by atoms with Crippen LogP contribution >= 0.6 is 0 Å². The second kappa shape index (κ2) is 45.3. The van der Waals surface area contributed by atoms with Gasteiger partial charge in [0.15, 0.2) is 12.1 Å². The van der Waals surface area contributed by atoms with Crippen LogP contribution in [-0.4, -0.2) is 80.6 Å². The van der Waals surface area contributed by atoms with E-state index >= 15 is 0 Å². The molecule has 0 aromatic carbocycles. The zero-order valence-corrected chi connectivity index (χ0v) is 41.3. The standard InChI is InChI=1S/C55H95NO7/c1-6-8-10-12-14-16-18-20-22-24-26-28-29-31-33-35-37-39-41-43-45-53(57)62-50-51(49-61-48-47-52(55(59)60)56(3,4)5)63-54(58)46-44-42-40-38-36-34-32-30-27-25-23-21-19-17-15-13-11-9-7-2/h8,10,14,16,20,22,26,28,31,33,37,39,51-52H,6-7,9,11-13,15,17-19,21,23-25,27,29-30,32,34-36,38,40-50H2,1-5H3/p+1/b10-8+,16-14+,22-20+,28-26+,33-31+,39-37+. The number of nitrogens with zero attached hydrogens (tertiary/aromatic N) is 1. The van der Waals surface area contributed by atoms with E-state index in [1.807, 2.05) is 21.1 Å². The van der Waals surface area contributed by atoms with E-state index < -0.39 is 18.1 Å². The molecular weight excluding hydrogens is 787 g/mol. The first-order valence-electron chi connectivity index (χ1n) is 25.5. The van der Waals surface area contributed by atoms with Gasteiger partial charge in [-0.15, -0.1) is 0 Å². The van der Waals surface area contributed by atoms with Gasteiger partial charge in [-0.1, -0.05) is 202 Å². The predicted octanol–water partition coefficient (Wildman–Crippen LogP) is 14.7. The third kappa shape index (κ3) is 43.8. The Labute approximate surface area is 387 Å². The summed E-state index contributed by atoms with van der Waals surface area (Å²) < 4.78 is 17.3. The lowest BCUT2D eigenvalue weighted by Gasteiger charge is -2.31. The van der Waals surface area contributed by atoms with E-state index in [2.05, 4.69) is 86.8 Å². The number of aliphatic carboxylic acids is 1. The lowest BCUT2D eigenvalue weighted by molar-refractivity contribution is -0.887. The third-order valence-corrected chi connectivity index (χ3v) is 11.1. The van der Waals surface area contributed by atoms with Crippen molar-refractivity contribution in [3.8, 4) is 0 Å². The van der Waals surface area contributed by atoms with Crippen molar-refractivity contribution in [2.75, 3.05) is 41.0 Å². The molecule has 63 heavy (non-hydrogen) atoms. The Hall–Kier alpha value is -3.23. The number of unbranched alkanes of at least 4 members (excludes halogenated alkanes) is 19. The maximum Gasteiger partial charge on any atom is 0.362 e. The topological polar surface area (TPSA) is 99.1 Å². The number of allylic oxidation sites excluding steroid dienone is 12. The average molecular weight is 883 g/mol. The summed E-state index contributed by atoms with van der Waals surface area (Å²) in [6.07, 6.45) is 58.2. The summed E-state index contributed by atoms with van der Waals surface area (Å²) in [6.45, 7) is 4.58. The molecule has 0 rings (SSSR count). The number of hydrogen-bond acceptors (Lipinski definition) is 6. The molecule has 0 aromatic heterocycles. The molecule has 0 aliphatic rings. The van der Waals surface area contributed by atoms with Crippen LogP contribution in [0, 0.1) is 0 Å². The van der Waals surface area contributed by atoms with Crippen molar-refractivity contribution in [2.45, 2.75) is 219 Å². The predicted molar refractivity (Wildman–Crippen MR) is 266 cm³/mol. The summed E-state index contributed by atoms with van der Waals surface area (Å²) in [5.74, 6) is -1.54. The Kier molecular flexibility index (Phi) is 43.0. The lowest BCUT2D eigenvalue weighted by atomic mass is 10.0. The third-order valence-electron chi connectivity index (χ3n) is 11.1. The summed E-state index contributed by atoms with van der Waals surface area (Å²) >= 11 is 0. The number of ether oxygens (including phenoxy) is 3. The summed E-state index contributed by atoms with van der Waals surface area (Å²) in [4.78, 5) is 37.1. The van der Waals surface area contributed by atoms with Gasteiger partial charge in [0.1, 0.15) is 6.61 Å². The molecule has 8 nitrogen and oxygen atoms in total. The summed E-state index contributed by atoms with van der Waals surface area (Å²) in [5, 5.41) is 9.65. The van der Waals surface area contributed by atoms with Gasteiger partial charge in [0.25, 0.3) is 0 Å². The van der Waals surface area contributed by atoms with Gasteiger partial charge in [-0.2, -0.15) is 0 Å². The Morgan fingerprint density at radius 3 is 1.30 bits per heavy atom. The number of esters is 2. The molecule has 0 bridgehead atoms. The fraction of sp³-hybridized carbons (Fsp3) is 0.727. The van der Waals surface area contributed by atoms with Crippen molar-refractivity contribution in [1.82, 2.24) is 0 Å². The molecule has 0 aliphatic carbocycles. The number of carboxylic acid groups (broad SMARTS) is 1. The first-order valence-corrected chi connectivity index (χ1v) is 25.5. The van der Waals surface area contributed by atoms with Crippen molar-refractivity contribution in [1.29, 1.82) is 0 Å². The molecule has 2 atom stereocenters. The minimum Gasteiger partial charge on any atom is -0.477 e. The normalized spacial score (nSPS) is 13.5. The number of rotatable bonds is 45. The molecule has 0 aliphatic heterocycles. The van der Waals surface area contributed by atoms with E-state index in [-0.39, 0.29) is 42.7 Å². The first-order chi connectivity index (χ1) is 30.6. The highest BCUT2D eigenvalue weighted by molar-refractivity contribution is 5.72. The number of likely N-dealkylation sites (N-methyl/N-ethyl adjacent to an activating group) is 1. The second-order valence-electron chi connectivity index (χ2n) is 18.1. The van der Waals surface area contributed by atoms with Gasteiger partial charge in [-0.25, -0.2) is 4.79 Å². The van der Waals surface area contributed by atoms with Crippen LogP contribution in [0.3, 0.4) is 0 Å². The Bertz CT molecular complexity index is 1260. The molecule has 1 N–H and O–H groups in total. The van der Waals surface area contributed by atoms with E-state index in [9.17, 15) is 19.5 Å². The van der Waals surface area contributed by atoms with E-state index in [4.69, 9.17) is 14.2 Å². The molecule has 0 saturated heterocycles. The average Bonchev–Trinajstić information content (AvgIpc) is 3.24. The van der Waals surface area contributed by atoms with Crippen molar-refractivity contribution in [2.24, 2.45) is 0 Å². The molecule has 2 unspecified atom stereocenters. The van der Waals surface area contributed by atoms with Crippen LogP contribution in [0.15, 0.2) is 72.9 Å². The number of carbonyl (C=O) groups excluding carboxylic acids is 2. The minimum atomic E-state index is -0.883. The van der Waals surface area contributed by atoms with E-state index in [0.29, 0.717) is 19.3 Å². The smallest absolute Gasteiger partial charge is 0.362 e. The Morgan fingerprint density at radius 1 is 0.492 bits per heavy atom. The highest BCUT2D eigenvalue weighted by atomic mass is 16.6. The SMILES string of the molecule is CC/C=C/C/C=C/C/C=C/C/C=C/C/C=C/C/C=C/CCCC(=O)OCC(COCCC(C(=O)O)[N+](C)(C)C)OC(=O)CCCCCCCCCCCCCCCCCCCCC. The first kappa shape index (κ1) is 59.8. The monoisotopic (exact) mass is 883 g/mol. The number of quaternary nitrogens is 1. The van der Waals surface area contributed by atoms with Crippen molar-refractivity contribution < 1.29 is 38.2 Å². The quantitative estimate of drug-likeness (QED) is 0.0281. The molecule has 0 aromatic rings. The summed E-state index contributed by atoms with van der Waals surface area (Å²) in [7, 11) is 5.52. The highest BCUT2D eigenvalue weighted by Gasteiger charge is 2.31. The van der Waals surface area contributed by atoms with Gasteiger partial charge in [0.05, 0.1) is 34.4 Å². The Balaban J connectivity index is 4.35. The van der Waals surface area contributed by atoms with Crippen LogP contribution in [0.4, 0.5) is 0 Å². The fourth-order valence-corrected chi connectivity index (χ4v) is 7.22. The largest absolute Gasteiger partial charge is 0.477 e. The van der Waals surface area contributed by atoms with Gasteiger partial charge < -0.3 is 23.8 Å². The molecular formula is C55H96NO7+. The molecule has 0 saturated carbocycles.